The van der Waals surface area contributed by atoms with Crippen LogP contribution in [-0.4, -0.2) is 14.4 Å². The SMILES string of the molecule is NC1=NS(=O)(=O)c2cccc(Cl)c2N1. The van der Waals surface area contributed by atoms with E-state index < -0.39 is 10.0 Å². The number of benzene rings is 1. The first-order valence-corrected chi connectivity index (χ1v) is 5.48. The largest absolute Gasteiger partial charge is 0.369 e. The monoisotopic (exact) mass is 231 g/mol. The molecule has 0 fully saturated rings. The molecule has 0 saturated carbocycles. The highest BCUT2D eigenvalue weighted by Gasteiger charge is 2.24. The molecule has 5 nitrogen and oxygen atoms in total. The zero-order chi connectivity index (χ0) is 10.3. The summed E-state index contributed by atoms with van der Waals surface area (Å²) in [6.45, 7) is 0. The van der Waals surface area contributed by atoms with Crippen molar-refractivity contribution in [2.24, 2.45) is 10.1 Å². The number of fused-ring (bicyclic) bond motifs is 1. The Kier molecular flexibility index (Phi) is 1.90. The number of rotatable bonds is 0. The second-order valence-electron chi connectivity index (χ2n) is 2.69. The molecule has 14 heavy (non-hydrogen) atoms. The Morgan fingerprint density at radius 3 is 2.86 bits per heavy atom. The van der Waals surface area contributed by atoms with Crippen LogP contribution in [0.2, 0.25) is 5.02 Å². The number of hydrogen-bond donors (Lipinski definition) is 2. The summed E-state index contributed by atoms with van der Waals surface area (Å²) < 4.78 is 26.2. The summed E-state index contributed by atoms with van der Waals surface area (Å²) in [4.78, 5) is 0.0409. The molecule has 0 atom stereocenters. The standard InChI is InChI=1S/C7H6ClN3O2S/c8-4-2-1-3-5-6(4)10-7(9)11-14(5,12)13/h1-3H,(H3,9,10,11). The van der Waals surface area contributed by atoms with E-state index in [1.165, 1.54) is 12.1 Å². The lowest BCUT2D eigenvalue weighted by Crippen LogP contribution is -2.28. The summed E-state index contributed by atoms with van der Waals surface area (Å²) in [6.07, 6.45) is 0. The number of anilines is 1. The Hall–Kier alpha value is -1.27. The van der Waals surface area contributed by atoms with E-state index in [0.29, 0.717) is 5.02 Å². The minimum absolute atomic E-state index is 0.0409. The molecule has 0 radical (unpaired) electrons. The third kappa shape index (κ3) is 1.32. The fourth-order valence-electron chi connectivity index (χ4n) is 1.17. The number of guanidine groups is 1. The Bertz CT molecular complexity index is 524. The first-order valence-electron chi connectivity index (χ1n) is 3.67. The van der Waals surface area contributed by atoms with Crippen LogP contribution in [0.3, 0.4) is 0 Å². The molecule has 0 aromatic heterocycles. The summed E-state index contributed by atoms with van der Waals surface area (Å²) in [7, 11) is -3.70. The molecule has 0 saturated heterocycles. The third-order valence-corrected chi connectivity index (χ3v) is 3.37. The third-order valence-electron chi connectivity index (χ3n) is 1.72. The molecule has 1 aromatic carbocycles. The summed E-state index contributed by atoms with van der Waals surface area (Å²) in [5, 5.41) is 2.90. The van der Waals surface area contributed by atoms with Gasteiger partial charge in [0.25, 0.3) is 10.0 Å². The maximum atomic E-state index is 11.5. The van der Waals surface area contributed by atoms with E-state index in [1.54, 1.807) is 6.07 Å². The van der Waals surface area contributed by atoms with E-state index in [-0.39, 0.29) is 16.5 Å². The normalized spacial score (nSPS) is 17.9. The van der Waals surface area contributed by atoms with Crippen LogP contribution in [-0.2, 0) is 10.0 Å². The van der Waals surface area contributed by atoms with Gasteiger partial charge in [-0.3, -0.25) is 0 Å². The Morgan fingerprint density at radius 2 is 2.14 bits per heavy atom. The Balaban J connectivity index is 2.78. The van der Waals surface area contributed by atoms with Crippen LogP contribution in [0, 0.1) is 0 Å². The lowest BCUT2D eigenvalue weighted by molar-refractivity contribution is 0.597. The van der Waals surface area contributed by atoms with Gasteiger partial charge >= 0.3 is 0 Å². The van der Waals surface area contributed by atoms with Gasteiger partial charge in [0.2, 0.25) is 5.96 Å². The molecule has 7 heteroatoms. The van der Waals surface area contributed by atoms with Crippen molar-refractivity contribution in [1.82, 2.24) is 0 Å². The number of sulfonamides is 1. The highest BCUT2D eigenvalue weighted by Crippen LogP contribution is 2.32. The van der Waals surface area contributed by atoms with Gasteiger partial charge in [-0.1, -0.05) is 17.7 Å². The topological polar surface area (TPSA) is 84.5 Å². The van der Waals surface area contributed by atoms with Crippen molar-refractivity contribution in [2.45, 2.75) is 4.90 Å². The minimum Gasteiger partial charge on any atom is -0.369 e. The highest BCUT2D eigenvalue weighted by molar-refractivity contribution is 7.90. The summed E-state index contributed by atoms with van der Waals surface area (Å²) in [5.41, 5.74) is 5.57. The number of nitrogens with one attached hydrogen (secondary N) is 1. The van der Waals surface area contributed by atoms with E-state index in [1.807, 2.05) is 0 Å². The number of halogens is 1. The van der Waals surface area contributed by atoms with Crippen molar-refractivity contribution < 1.29 is 8.42 Å². The van der Waals surface area contributed by atoms with Gasteiger partial charge in [-0.25, -0.2) is 0 Å². The number of nitrogens with zero attached hydrogens (tertiary/aromatic N) is 1. The highest BCUT2D eigenvalue weighted by atomic mass is 35.5. The van der Waals surface area contributed by atoms with Crippen molar-refractivity contribution in [3.63, 3.8) is 0 Å². The maximum absolute atomic E-state index is 11.5. The molecule has 1 aliphatic rings. The van der Waals surface area contributed by atoms with Crippen LogP contribution in [0.1, 0.15) is 0 Å². The van der Waals surface area contributed by atoms with Gasteiger partial charge in [-0.05, 0) is 12.1 Å². The van der Waals surface area contributed by atoms with E-state index in [0.717, 1.165) is 0 Å². The average Bonchev–Trinajstić information content (AvgIpc) is 2.05. The molecular formula is C7H6ClN3O2S. The predicted molar refractivity (Wildman–Crippen MR) is 53.9 cm³/mol. The molecule has 0 amide bonds. The number of para-hydroxylation sites is 1. The van der Waals surface area contributed by atoms with Gasteiger partial charge in [0, 0.05) is 0 Å². The van der Waals surface area contributed by atoms with E-state index >= 15 is 0 Å². The predicted octanol–water partition coefficient (Wildman–Crippen LogP) is 0.769. The maximum Gasteiger partial charge on any atom is 0.287 e. The quantitative estimate of drug-likeness (QED) is 0.691. The van der Waals surface area contributed by atoms with Crippen molar-refractivity contribution in [1.29, 1.82) is 0 Å². The second-order valence-corrected chi connectivity index (χ2v) is 4.67. The smallest absolute Gasteiger partial charge is 0.287 e. The number of nitrogens with two attached hydrogens (primary N) is 1. The number of hydrogen-bond acceptors (Lipinski definition) is 4. The molecule has 1 aliphatic heterocycles. The molecule has 0 bridgehead atoms. The van der Waals surface area contributed by atoms with Crippen molar-refractivity contribution in [3.8, 4) is 0 Å². The van der Waals surface area contributed by atoms with E-state index in [2.05, 4.69) is 9.71 Å². The van der Waals surface area contributed by atoms with Crippen molar-refractivity contribution >= 4 is 33.3 Å². The van der Waals surface area contributed by atoms with Gasteiger partial charge in [0.1, 0.15) is 4.90 Å². The van der Waals surface area contributed by atoms with Crippen molar-refractivity contribution in [2.75, 3.05) is 5.32 Å². The van der Waals surface area contributed by atoms with Crippen LogP contribution in [0.25, 0.3) is 0 Å². The summed E-state index contributed by atoms with van der Waals surface area (Å²) in [5.74, 6) is -0.175. The second kappa shape index (κ2) is 2.86. The molecule has 1 heterocycles. The van der Waals surface area contributed by atoms with E-state index in [9.17, 15) is 8.42 Å². The van der Waals surface area contributed by atoms with Crippen LogP contribution in [0.5, 0.6) is 0 Å². The zero-order valence-corrected chi connectivity index (χ0v) is 8.43. The summed E-state index contributed by atoms with van der Waals surface area (Å²) >= 11 is 5.80. The lowest BCUT2D eigenvalue weighted by Gasteiger charge is -2.16. The van der Waals surface area contributed by atoms with E-state index in [4.69, 9.17) is 17.3 Å². The Morgan fingerprint density at radius 1 is 1.43 bits per heavy atom. The molecular weight excluding hydrogens is 226 g/mol. The van der Waals surface area contributed by atoms with Crippen LogP contribution in [0.4, 0.5) is 5.69 Å². The zero-order valence-electron chi connectivity index (χ0n) is 6.86. The van der Waals surface area contributed by atoms with Gasteiger partial charge in [0.05, 0.1) is 10.7 Å². The Labute approximate surface area is 85.6 Å². The molecule has 3 N–H and O–H groups in total. The van der Waals surface area contributed by atoms with Crippen LogP contribution in [0.15, 0.2) is 27.5 Å². The van der Waals surface area contributed by atoms with Gasteiger partial charge in [-0.15, -0.1) is 4.40 Å². The first-order chi connectivity index (χ1) is 6.50. The molecule has 74 valence electrons. The fourth-order valence-corrected chi connectivity index (χ4v) is 2.52. The van der Waals surface area contributed by atoms with Gasteiger partial charge in [-0.2, -0.15) is 8.42 Å². The first kappa shape index (κ1) is 9.29. The fraction of sp³-hybridized carbons (Fsp3) is 0. The molecule has 0 unspecified atom stereocenters. The van der Waals surface area contributed by atoms with Gasteiger partial charge < -0.3 is 11.1 Å². The minimum atomic E-state index is -3.70. The van der Waals surface area contributed by atoms with Crippen LogP contribution < -0.4 is 11.1 Å². The molecule has 0 aliphatic carbocycles. The molecule has 1 aromatic rings. The molecule has 0 spiro atoms. The van der Waals surface area contributed by atoms with Gasteiger partial charge in [0.15, 0.2) is 0 Å². The van der Waals surface area contributed by atoms with Crippen LogP contribution >= 0.6 is 11.6 Å². The van der Waals surface area contributed by atoms with Crippen molar-refractivity contribution in [3.05, 3.63) is 23.2 Å². The lowest BCUT2D eigenvalue weighted by atomic mass is 10.3. The summed E-state index contributed by atoms with van der Waals surface area (Å²) in [6, 6.07) is 4.53. The molecule has 2 rings (SSSR count). The average molecular weight is 232 g/mol.